The van der Waals surface area contributed by atoms with E-state index in [0.29, 0.717) is 5.56 Å². The molecule has 5 heteroatoms. The largest absolute Gasteiger partial charge is 0.379 e. The van der Waals surface area contributed by atoms with Gasteiger partial charge in [0.1, 0.15) is 11.6 Å². The zero-order valence-corrected chi connectivity index (χ0v) is 11.2. The fraction of sp³-hybridized carbons (Fsp3) is 0.571. The van der Waals surface area contributed by atoms with Gasteiger partial charge in [-0.15, -0.1) is 0 Å². The lowest BCUT2D eigenvalue weighted by Crippen LogP contribution is -2.40. The third kappa shape index (κ3) is 4.23. The minimum atomic E-state index is -0.540. The van der Waals surface area contributed by atoms with Crippen LogP contribution in [0.25, 0.3) is 0 Å². The Balaban J connectivity index is 1.78. The highest BCUT2D eigenvalue weighted by molar-refractivity contribution is 5.21. The Kier molecular flexibility index (Phi) is 5.24. The van der Waals surface area contributed by atoms with Gasteiger partial charge in [0.2, 0.25) is 0 Å². The van der Waals surface area contributed by atoms with Crippen molar-refractivity contribution in [2.75, 3.05) is 39.4 Å². The van der Waals surface area contributed by atoms with Gasteiger partial charge in [-0.25, -0.2) is 8.78 Å². The zero-order chi connectivity index (χ0) is 13.7. The molecule has 0 spiro atoms. The first-order valence-electron chi connectivity index (χ1n) is 6.65. The molecule has 1 N–H and O–H groups in total. The van der Waals surface area contributed by atoms with Crippen LogP contribution in [0.1, 0.15) is 18.5 Å². The molecule has 1 unspecified atom stereocenters. The van der Waals surface area contributed by atoms with Crippen molar-refractivity contribution in [3.05, 3.63) is 35.4 Å². The van der Waals surface area contributed by atoms with Crippen molar-refractivity contribution in [2.45, 2.75) is 13.0 Å². The van der Waals surface area contributed by atoms with Crippen molar-refractivity contribution in [3.8, 4) is 0 Å². The van der Waals surface area contributed by atoms with Crippen LogP contribution in [0.3, 0.4) is 0 Å². The predicted octanol–water partition coefficient (Wildman–Crippen LogP) is 1.95. The summed E-state index contributed by atoms with van der Waals surface area (Å²) < 4.78 is 31.7. The van der Waals surface area contributed by atoms with Gasteiger partial charge in [0.05, 0.1) is 13.2 Å². The predicted molar refractivity (Wildman–Crippen MR) is 70.0 cm³/mol. The number of nitrogens with zero attached hydrogens (tertiary/aromatic N) is 1. The molecule has 2 rings (SSSR count). The summed E-state index contributed by atoms with van der Waals surface area (Å²) in [6, 6.07) is 3.59. The number of ether oxygens (including phenoxy) is 1. The molecule has 1 aromatic carbocycles. The molecule has 1 heterocycles. The molecule has 1 aliphatic heterocycles. The van der Waals surface area contributed by atoms with E-state index in [1.807, 2.05) is 6.92 Å². The van der Waals surface area contributed by atoms with Gasteiger partial charge < -0.3 is 10.1 Å². The summed E-state index contributed by atoms with van der Waals surface area (Å²) >= 11 is 0. The molecule has 1 atom stereocenters. The van der Waals surface area contributed by atoms with Crippen LogP contribution >= 0.6 is 0 Å². The fourth-order valence-electron chi connectivity index (χ4n) is 2.23. The Hall–Kier alpha value is -1.04. The molecule has 3 nitrogen and oxygen atoms in total. The quantitative estimate of drug-likeness (QED) is 0.885. The number of rotatable bonds is 5. The first kappa shape index (κ1) is 14.4. The van der Waals surface area contributed by atoms with Crippen molar-refractivity contribution in [2.24, 2.45) is 0 Å². The van der Waals surface area contributed by atoms with Crippen LogP contribution in [-0.4, -0.2) is 44.3 Å². The second-order valence-corrected chi connectivity index (χ2v) is 4.80. The minimum absolute atomic E-state index is 0.123. The zero-order valence-electron chi connectivity index (χ0n) is 11.2. The number of hydrogen-bond acceptors (Lipinski definition) is 3. The van der Waals surface area contributed by atoms with E-state index in [-0.39, 0.29) is 6.04 Å². The molecule has 1 aliphatic rings. The van der Waals surface area contributed by atoms with Crippen LogP contribution in [0.15, 0.2) is 18.2 Å². The average molecular weight is 270 g/mol. The van der Waals surface area contributed by atoms with Crippen molar-refractivity contribution < 1.29 is 13.5 Å². The molecule has 106 valence electrons. The van der Waals surface area contributed by atoms with Crippen molar-refractivity contribution in [1.82, 2.24) is 10.2 Å². The van der Waals surface area contributed by atoms with Gasteiger partial charge in [-0.1, -0.05) is 6.07 Å². The number of nitrogens with one attached hydrogen (secondary N) is 1. The highest BCUT2D eigenvalue weighted by Gasteiger charge is 2.13. The van der Waals surface area contributed by atoms with Crippen molar-refractivity contribution >= 4 is 0 Å². The average Bonchev–Trinajstić information content (AvgIpc) is 2.39. The lowest BCUT2D eigenvalue weighted by Gasteiger charge is -2.27. The van der Waals surface area contributed by atoms with Crippen LogP contribution in [0.2, 0.25) is 0 Å². The van der Waals surface area contributed by atoms with E-state index >= 15 is 0 Å². The summed E-state index contributed by atoms with van der Waals surface area (Å²) in [7, 11) is 0. The Labute approximate surface area is 112 Å². The first-order valence-corrected chi connectivity index (χ1v) is 6.65. The fourth-order valence-corrected chi connectivity index (χ4v) is 2.23. The van der Waals surface area contributed by atoms with E-state index in [1.165, 1.54) is 12.1 Å². The van der Waals surface area contributed by atoms with Crippen LogP contribution in [-0.2, 0) is 4.74 Å². The monoisotopic (exact) mass is 270 g/mol. The van der Waals surface area contributed by atoms with Gasteiger partial charge in [-0.05, 0) is 13.0 Å². The lowest BCUT2D eigenvalue weighted by atomic mass is 10.1. The molecule has 0 aromatic heterocycles. The third-order valence-electron chi connectivity index (χ3n) is 3.41. The minimum Gasteiger partial charge on any atom is -0.379 e. The standard InChI is InChI=1S/C14H20F2N2O/c1-11(13-3-2-12(15)10-14(13)16)17-4-5-18-6-8-19-9-7-18/h2-3,10-11,17H,4-9H2,1H3. The number of hydrogen-bond donors (Lipinski definition) is 1. The van der Waals surface area contributed by atoms with E-state index in [1.54, 1.807) is 0 Å². The molecule has 0 radical (unpaired) electrons. The first-order chi connectivity index (χ1) is 9.16. The summed E-state index contributed by atoms with van der Waals surface area (Å²) in [4.78, 5) is 2.31. The molecule has 1 saturated heterocycles. The maximum Gasteiger partial charge on any atom is 0.130 e. The van der Waals surface area contributed by atoms with E-state index in [9.17, 15) is 8.78 Å². The van der Waals surface area contributed by atoms with Gasteiger partial charge in [0.15, 0.2) is 0 Å². The number of halogens is 2. The molecular weight excluding hydrogens is 250 g/mol. The molecule has 0 bridgehead atoms. The molecule has 0 aliphatic carbocycles. The van der Waals surface area contributed by atoms with Crippen LogP contribution < -0.4 is 5.32 Å². The smallest absolute Gasteiger partial charge is 0.130 e. The van der Waals surface area contributed by atoms with Crippen LogP contribution in [0, 0.1) is 11.6 Å². The topological polar surface area (TPSA) is 24.5 Å². The summed E-state index contributed by atoms with van der Waals surface area (Å²) in [6.45, 7) is 7.02. The van der Waals surface area contributed by atoms with Crippen LogP contribution in [0.5, 0.6) is 0 Å². The maximum absolute atomic E-state index is 13.6. The SMILES string of the molecule is CC(NCCN1CCOCC1)c1ccc(F)cc1F. The number of benzene rings is 1. The molecule has 0 amide bonds. The van der Waals surface area contributed by atoms with Gasteiger partial charge in [-0.2, -0.15) is 0 Å². The molecule has 1 aromatic rings. The summed E-state index contributed by atoms with van der Waals surface area (Å²) in [6.07, 6.45) is 0. The van der Waals surface area contributed by atoms with E-state index in [0.717, 1.165) is 45.5 Å². The Morgan fingerprint density at radius 2 is 2.05 bits per heavy atom. The van der Waals surface area contributed by atoms with Gasteiger partial charge in [0, 0.05) is 43.9 Å². The van der Waals surface area contributed by atoms with Crippen LogP contribution in [0.4, 0.5) is 8.78 Å². The molecule has 0 saturated carbocycles. The van der Waals surface area contributed by atoms with Gasteiger partial charge in [0.25, 0.3) is 0 Å². The van der Waals surface area contributed by atoms with E-state index in [4.69, 9.17) is 4.74 Å². The van der Waals surface area contributed by atoms with Gasteiger partial charge >= 0.3 is 0 Å². The Bertz CT molecular complexity index is 408. The normalized spacial score (nSPS) is 18.5. The van der Waals surface area contributed by atoms with Crippen molar-refractivity contribution in [1.29, 1.82) is 0 Å². The highest BCUT2D eigenvalue weighted by atomic mass is 19.1. The van der Waals surface area contributed by atoms with Crippen molar-refractivity contribution in [3.63, 3.8) is 0 Å². The third-order valence-corrected chi connectivity index (χ3v) is 3.41. The second-order valence-electron chi connectivity index (χ2n) is 4.80. The van der Waals surface area contributed by atoms with E-state index in [2.05, 4.69) is 10.2 Å². The summed E-state index contributed by atoms with van der Waals surface area (Å²) in [5, 5.41) is 3.26. The summed E-state index contributed by atoms with van der Waals surface area (Å²) in [5.41, 5.74) is 0.503. The highest BCUT2D eigenvalue weighted by Crippen LogP contribution is 2.17. The summed E-state index contributed by atoms with van der Waals surface area (Å²) in [5.74, 6) is -1.03. The Morgan fingerprint density at radius 3 is 2.74 bits per heavy atom. The molecule has 1 fully saturated rings. The van der Waals surface area contributed by atoms with E-state index < -0.39 is 11.6 Å². The molecule has 19 heavy (non-hydrogen) atoms. The second kappa shape index (κ2) is 6.93. The molecular formula is C14H20F2N2O. The lowest BCUT2D eigenvalue weighted by molar-refractivity contribution is 0.0382. The van der Waals surface area contributed by atoms with Gasteiger partial charge in [-0.3, -0.25) is 4.90 Å². The maximum atomic E-state index is 13.6. The Morgan fingerprint density at radius 1 is 1.32 bits per heavy atom. The number of morpholine rings is 1.